The fraction of sp³-hybridized carbons (Fsp3) is 0.417. The second kappa shape index (κ2) is 5.10. The molecule has 1 aliphatic rings. The first kappa shape index (κ1) is 12.3. The van der Waals surface area contributed by atoms with Gasteiger partial charge in [-0.3, -0.25) is 4.79 Å². The van der Waals surface area contributed by atoms with E-state index in [1.165, 1.54) is 16.0 Å². The van der Waals surface area contributed by atoms with E-state index >= 15 is 0 Å². The molecular formula is C12H14N4O2S. The minimum Gasteiger partial charge on any atom is -0.377 e. The Balaban J connectivity index is 1.86. The van der Waals surface area contributed by atoms with Crippen LogP contribution >= 0.6 is 11.3 Å². The molecule has 1 N–H and O–H groups in total. The predicted molar refractivity (Wildman–Crippen MR) is 72.6 cm³/mol. The zero-order valence-corrected chi connectivity index (χ0v) is 11.3. The molecule has 19 heavy (non-hydrogen) atoms. The number of anilines is 1. The van der Waals surface area contributed by atoms with Gasteiger partial charge in [0.05, 0.1) is 24.9 Å². The van der Waals surface area contributed by atoms with E-state index in [-0.39, 0.29) is 17.6 Å². The van der Waals surface area contributed by atoms with E-state index in [1.807, 2.05) is 12.3 Å². The van der Waals surface area contributed by atoms with Crippen molar-refractivity contribution in [3.05, 3.63) is 39.8 Å². The SMILES string of the molecule is Cc1ccc(=O)n(C2COCC2Nc2nccs2)n1. The number of aryl methyl sites for hydroxylation is 1. The summed E-state index contributed by atoms with van der Waals surface area (Å²) in [5, 5.41) is 10.3. The number of nitrogens with one attached hydrogen (secondary N) is 1. The van der Waals surface area contributed by atoms with Crippen molar-refractivity contribution >= 4 is 16.5 Å². The van der Waals surface area contributed by atoms with Crippen LogP contribution in [0, 0.1) is 6.92 Å². The second-order valence-corrected chi connectivity index (χ2v) is 5.34. The first-order chi connectivity index (χ1) is 9.24. The van der Waals surface area contributed by atoms with Gasteiger partial charge in [-0.25, -0.2) is 9.67 Å². The third-order valence-corrected chi connectivity index (χ3v) is 3.77. The summed E-state index contributed by atoms with van der Waals surface area (Å²) in [6.07, 6.45) is 1.74. The number of ether oxygens (including phenoxy) is 1. The maximum Gasteiger partial charge on any atom is 0.267 e. The molecule has 0 aromatic carbocycles. The van der Waals surface area contributed by atoms with Gasteiger partial charge in [-0.1, -0.05) is 0 Å². The normalized spacial score (nSPS) is 22.6. The van der Waals surface area contributed by atoms with Crippen LogP contribution in [0.15, 0.2) is 28.5 Å². The van der Waals surface area contributed by atoms with E-state index in [0.29, 0.717) is 13.2 Å². The van der Waals surface area contributed by atoms with E-state index in [1.54, 1.807) is 18.3 Å². The highest BCUT2D eigenvalue weighted by molar-refractivity contribution is 7.13. The summed E-state index contributed by atoms with van der Waals surface area (Å²) in [4.78, 5) is 16.1. The van der Waals surface area contributed by atoms with Crippen LogP contribution < -0.4 is 10.9 Å². The number of hydrogen-bond donors (Lipinski definition) is 1. The van der Waals surface area contributed by atoms with Crippen molar-refractivity contribution in [2.75, 3.05) is 18.5 Å². The molecule has 100 valence electrons. The van der Waals surface area contributed by atoms with Crippen LogP contribution in [0.25, 0.3) is 0 Å². The molecule has 6 nitrogen and oxygen atoms in total. The Morgan fingerprint density at radius 1 is 1.47 bits per heavy atom. The van der Waals surface area contributed by atoms with Crippen LogP contribution in [0.5, 0.6) is 0 Å². The van der Waals surface area contributed by atoms with Gasteiger partial charge >= 0.3 is 0 Å². The number of aromatic nitrogens is 3. The smallest absolute Gasteiger partial charge is 0.267 e. The van der Waals surface area contributed by atoms with E-state index in [9.17, 15) is 4.79 Å². The highest BCUT2D eigenvalue weighted by Crippen LogP contribution is 2.22. The largest absolute Gasteiger partial charge is 0.377 e. The fourth-order valence-corrected chi connectivity index (χ4v) is 2.73. The molecular weight excluding hydrogens is 264 g/mol. The minimum absolute atomic E-state index is 0.0122. The molecule has 2 unspecified atom stereocenters. The third kappa shape index (κ3) is 2.52. The molecule has 2 aromatic heterocycles. The molecule has 0 bridgehead atoms. The lowest BCUT2D eigenvalue weighted by Gasteiger charge is -2.19. The number of hydrogen-bond acceptors (Lipinski definition) is 6. The predicted octanol–water partition coefficient (Wildman–Crippen LogP) is 1.06. The molecule has 0 aliphatic carbocycles. The lowest BCUT2D eigenvalue weighted by atomic mass is 10.2. The van der Waals surface area contributed by atoms with Crippen molar-refractivity contribution in [1.82, 2.24) is 14.8 Å². The molecule has 0 amide bonds. The quantitative estimate of drug-likeness (QED) is 0.909. The average Bonchev–Trinajstić information content (AvgIpc) is 3.04. The molecule has 1 saturated heterocycles. The van der Waals surface area contributed by atoms with Gasteiger partial charge in [-0.05, 0) is 13.0 Å². The molecule has 0 saturated carbocycles. The molecule has 0 spiro atoms. The highest BCUT2D eigenvalue weighted by Gasteiger charge is 2.31. The molecule has 3 rings (SSSR count). The Kier molecular flexibility index (Phi) is 3.31. The summed E-state index contributed by atoms with van der Waals surface area (Å²) in [5.41, 5.74) is 0.714. The Morgan fingerprint density at radius 2 is 2.37 bits per heavy atom. The first-order valence-corrected chi connectivity index (χ1v) is 6.92. The van der Waals surface area contributed by atoms with E-state index in [4.69, 9.17) is 4.74 Å². The second-order valence-electron chi connectivity index (χ2n) is 4.45. The zero-order valence-electron chi connectivity index (χ0n) is 10.4. The van der Waals surface area contributed by atoms with Gasteiger partial charge in [0, 0.05) is 17.6 Å². The van der Waals surface area contributed by atoms with Gasteiger partial charge in [-0.2, -0.15) is 5.10 Å². The summed E-state index contributed by atoms with van der Waals surface area (Å²) in [7, 11) is 0. The van der Waals surface area contributed by atoms with Gasteiger partial charge in [0.1, 0.15) is 6.04 Å². The van der Waals surface area contributed by atoms with E-state index in [2.05, 4.69) is 15.4 Å². The van der Waals surface area contributed by atoms with Gasteiger partial charge in [0.25, 0.3) is 5.56 Å². The molecule has 1 fully saturated rings. The summed E-state index contributed by atoms with van der Waals surface area (Å²) >= 11 is 1.53. The number of rotatable bonds is 3. The van der Waals surface area contributed by atoms with Crippen molar-refractivity contribution in [1.29, 1.82) is 0 Å². The fourth-order valence-electron chi connectivity index (χ4n) is 2.13. The third-order valence-electron chi connectivity index (χ3n) is 3.06. The standard InChI is InChI=1S/C12H14N4O2S/c1-8-2-3-11(17)16(15-8)10-7-18-6-9(10)14-12-13-4-5-19-12/h2-5,9-10H,6-7H2,1H3,(H,13,14). The van der Waals surface area contributed by atoms with Crippen LogP contribution in [-0.2, 0) is 4.74 Å². The molecule has 7 heteroatoms. The Bertz CT molecular complexity index is 610. The van der Waals surface area contributed by atoms with E-state index in [0.717, 1.165) is 10.8 Å². The average molecular weight is 278 g/mol. The lowest BCUT2D eigenvalue weighted by Crippen LogP contribution is -2.37. The van der Waals surface area contributed by atoms with Crippen LogP contribution in [0.2, 0.25) is 0 Å². The van der Waals surface area contributed by atoms with Gasteiger partial charge in [-0.15, -0.1) is 11.3 Å². The Morgan fingerprint density at radius 3 is 3.16 bits per heavy atom. The Labute approximate surface area is 114 Å². The van der Waals surface area contributed by atoms with Crippen molar-refractivity contribution in [3.63, 3.8) is 0 Å². The number of nitrogens with zero attached hydrogens (tertiary/aromatic N) is 3. The van der Waals surface area contributed by atoms with Gasteiger partial charge in [0.2, 0.25) is 0 Å². The van der Waals surface area contributed by atoms with Crippen LogP contribution in [0.1, 0.15) is 11.7 Å². The van der Waals surface area contributed by atoms with Crippen LogP contribution in [0.3, 0.4) is 0 Å². The zero-order chi connectivity index (χ0) is 13.2. The molecule has 0 radical (unpaired) electrons. The van der Waals surface area contributed by atoms with Gasteiger partial charge < -0.3 is 10.1 Å². The molecule has 2 aromatic rings. The van der Waals surface area contributed by atoms with Crippen molar-refractivity contribution in [3.8, 4) is 0 Å². The van der Waals surface area contributed by atoms with Crippen LogP contribution in [0.4, 0.5) is 5.13 Å². The molecule has 2 atom stereocenters. The summed E-state index contributed by atoms with van der Waals surface area (Å²) in [5.74, 6) is 0. The molecule has 1 aliphatic heterocycles. The van der Waals surface area contributed by atoms with Crippen molar-refractivity contribution in [2.45, 2.75) is 19.0 Å². The maximum atomic E-state index is 11.9. The monoisotopic (exact) mass is 278 g/mol. The maximum absolute atomic E-state index is 11.9. The summed E-state index contributed by atoms with van der Waals surface area (Å²) in [6.45, 7) is 2.90. The van der Waals surface area contributed by atoms with Crippen LogP contribution in [-0.4, -0.2) is 34.0 Å². The topological polar surface area (TPSA) is 69.0 Å². The molecule has 3 heterocycles. The van der Waals surface area contributed by atoms with E-state index < -0.39 is 0 Å². The minimum atomic E-state index is -0.105. The van der Waals surface area contributed by atoms with Gasteiger partial charge in [0.15, 0.2) is 5.13 Å². The number of thiazole rings is 1. The highest BCUT2D eigenvalue weighted by atomic mass is 32.1. The summed E-state index contributed by atoms with van der Waals surface area (Å²) < 4.78 is 6.99. The van der Waals surface area contributed by atoms with Crippen molar-refractivity contribution in [2.24, 2.45) is 0 Å². The van der Waals surface area contributed by atoms with Crippen molar-refractivity contribution < 1.29 is 4.74 Å². The first-order valence-electron chi connectivity index (χ1n) is 6.04. The summed E-state index contributed by atoms with van der Waals surface area (Å²) in [6, 6.07) is 3.17. The Hall–Kier alpha value is -1.73. The lowest BCUT2D eigenvalue weighted by molar-refractivity contribution is 0.182.